The van der Waals surface area contributed by atoms with Crippen molar-refractivity contribution in [3.05, 3.63) is 63.7 Å². The summed E-state index contributed by atoms with van der Waals surface area (Å²) in [6, 6.07) is 9.90. The van der Waals surface area contributed by atoms with Gasteiger partial charge in [0.2, 0.25) is 5.91 Å². The molecular formula is C23H25N5O2S. The number of fused-ring (bicyclic) bond motifs is 1. The largest absolute Gasteiger partial charge is 0.309 e. The first kappa shape index (κ1) is 21.0. The molecule has 4 rings (SSSR count). The Balaban J connectivity index is 1.51. The first-order valence-corrected chi connectivity index (χ1v) is 11.0. The fraction of sp³-hybridized carbons (Fsp3) is 0.304. The van der Waals surface area contributed by atoms with Gasteiger partial charge in [-0.05, 0) is 12.5 Å². The Hall–Kier alpha value is -3.26. The van der Waals surface area contributed by atoms with E-state index in [-0.39, 0.29) is 29.8 Å². The highest BCUT2D eigenvalue weighted by molar-refractivity contribution is 7.17. The number of aromatic amines is 1. The Kier molecular flexibility index (Phi) is 5.49. The number of hydrogen-bond acceptors (Lipinski definition) is 5. The van der Waals surface area contributed by atoms with Crippen LogP contribution >= 0.6 is 11.3 Å². The van der Waals surface area contributed by atoms with E-state index in [0.717, 1.165) is 22.4 Å². The van der Waals surface area contributed by atoms with Gasteiger partial charge in [0.1, 0.15) is 4.83 Å². The molecule has 3 heterocycles. The van der Waals surface area contributed by atoms with Gasteiger partial charge < -0.3 is 5.32 Å². The third kappa shape index (κ3) is 4.44. The number of amides is 1. The molecule has 1 aromatic carbocycles. The molecule has 1 amide bonds. The van der Waals surface area contributed by atoms with Gasteiger partial charge in [-0.2, -0.15) is 5.10 Å². The topological polar surface area (TPSA) is 92.7 Å². The van der Waals surface area contributed by atoms with Gasteiger partial charge in [0.15, 0.2) is 5.82 Å². The van der Waals surface area contributed by atoms with Gasteiger partial charge in [-0.1, -0.05) is 50.6 Å². The Labute approximate surface area is 184 Å². The molecule has 0 aliphatic carbocycles. The molecule has 0 atom stereocenters. The van der Waals surface area contributed by atoms with Crippen molar-refractivity contribution in [3.8, 4) is 11.1 Å². The summed E-state index contributed by atoms with van der Waals surface area (Å²) in [7, 11) is 0. The number of aromatic nitrogens is 4. The molecule has 160 valence electrons. The minimum Gasteiger partial charge on any atom is -0.309 e. The SMILES string of the molecule is Cc1ccc(-c2csc3ncn(CCC(=O)Nc4cc(C(C)(C)C)[nH]n4)c(=O)c23)cc1. The van der Waals surface area contributed by atoms with Crippen LogP contribution in [0.1, 0.15) is 38.4 Å². The first-order valence-electron chi connectivity index (χ1n) is 10.1. The van der Waals surface area contributed by atoms with Gasteiger partial charge in [-0.25, -0.2) is 4.98 Å². The number of nitrogens with one attached hydrogen (secondary N) is 2. The average Bonchev–Trinajstić information content (AvgIpc) is 3.35. The minimum atomic E-state index is -0.206. The summed E-state index contributed by atoms with van der Waals surface area (Å²) in [4.78, 5) is 30.6. The molecule has 0 saturated heterocycles. The Morgan fingerprint density at radius 2 is 1.97 bits per heavy atom. The van der Waals surface area contributed by atoms with Crippen molar-refractivity contribution in [2.24, 2.45) is 0 Å². The number of H-pyrrole nitrogens is 1. The van der Waals surface area contributed by atoms with Crippen LogP contribution in [0.5, 0.6) is 0 Å². The number of carbonyl (C=O) groups is 1. The molecule has 2 N–H and O–H groups in total. The Bertz CT molecular complexity index is 1290. The molecule has 0 aliphatic rings. The second-order valence-electron chi connectivity index (χ2n) is 8.65. The number of thiophene rings is 1. The summed E-state index contributed by atoms with van der Waals surface area (Å²) in [5.41, 5.74) is 3.75. The van der Waals surface area contributed by atoms with Crippen LogP contribution in [0.15, 0.2) is 46.8 Å². The van der Waals surface area contributed by atoms with E-state index in [0.29, 0.717) is 16.0 Å². The first-order chi connectivity index (χ1) is 14.7. The molecule has 3 aromatic heterocycles. The van der Waals surface area contributed by atoms with Crippen LogP contribution in [0.4, 0.5) is 5.82 Å². The van der Waals surface area contributed by atoms with Crippen molar-refractivity contribution in [2.75, 3.05) is 5.32 Å². The van der Waals surface area contributed by atoms with E-state index < -0.39 is 0 Å². The maximum atomic E-state index is 13.1. The molecule has 0 radical (unpaired) electrons. The van der Waals surface area contributed by atoms with Gasteiger partial charge in [0.05, 0.1) is 11.7 Å². The summed E-state index contributed by atoms with van der Waals surface area (Å²) in [6.07, 6.45) is 1.66. The van der Waals surface area contributed by atoms with Crippen LogP contribution < -0.4 is 10.9 Å². The van der Waals surface area contributed by atoms with Crippen LogP contribution in [0.3, 0.4) is 0 Å². The minimum absolute atomic E-state index is 0.0833. The normalized spacial score (nSPS) is 11.7. The highest BCUT2D eigenvalue weighted by Gasteiger charge is 2.18. The summed E-state index contributed by atoms with van der Waals surface area (Å²) >= 11 is 1.45. The third-order valence-electron chi connectivity index (χ3n) is 5.16. The van der Waals surface area contributed by atoms with Crippen molar-refractivity contribution < 1.29 is 4.79 Å². The van der Waals surface area contributed by atoms with Gasteiger partial charge in [0, 0.05) is 41.1 Å². The number of carbonyl (C=O) groups excluding carboxylic acids is 1. The summed E-state index contributed by atoms with van der Waals surface area (Å²) in [5.74, 6) is 0.276. The lowest BCUT2D eigenvalue weighted by Gasteiger charge is -2.14. The van der Waals surface area contributed by atoms with E-state index in [1.165, 1.54) is 22.2 Å². The van der Waals surface area contributed by atoms with Crippen LogP contribution in [0.25, 0.3) is 21.3 Å². The van der Waals surface area contributed by atoms with E-state index >= 15 is 0 Å². The van der Waals surface area contributed by atoms with Gasteiger partial charge in [0.25, 0.3) is 5.56 Å². The summed E-state index contributed by atoms with van der Waals surface area (Å²) in [6.45, 7) is 8.47. The van der Waals surface area contributed by atoms with Crippen LogP contribution in [0.2, 0.25) is 0 Å². The van der Waals surface area contributed by atoms with E-state index in [1.807, 2.05) is 42.6 Å². The van der Waals surface area contributed by atoms with E-state index in [9.17, 15) is 9.59 Å². The molecule has 4 aromatic rings. The fourth-order valence-electron chi connectivity index (χ4n) is 3.27. The molecule has 0 fully saturated rings. The highest BCUT2D eigenvalue weighted by Crippen LogP contribution is 2.30. The molecule has 0 spiro atoms. The predicted octanol–water partition coefficient (Wildman–Crippen LogP) is 4.48. The quantitative estimate of drug-likeness (QED) is 0.483. The van der Waals surface area contributed by atoms with Crippen molar-refractivity contribution in [1.82, 2.24) is 19.7 Å². The zero-order valence-electron chi connectivity index (χ0n) is 18.0. The number of benzene rings is 1. The van der Waals surface area contributed by atoms with Crippen molar-refractivity contribution in [2.45, 2.75) is 46.1 Å². The second kappa shape index (κ2) is 8.11. The summed E-state index contributed by atoms with van der Waals surface area (Å²) in [5, 5.41) is 12.4. The number of hydrogen-bond donors (Lipinski definition) is 2. The number of anilines is 1. The van der Waals surface area contributed by atoms with Crippen LogP contribution in [-0.4, -0.2) is 25.7 Å². The van der Waals surface area contributed by atoms with Crippen molar-refractivity contribution in [3.63, 3.8) is 0 Å². The average molecular weight is 436 g/mol. The second-order valence-corrected chi connectivity index (χ2v) is 9.51. The predicted molar refractivity (Wildman–Crippen MR) is 125 cm³/mol. The molecule has 31 heavy (non-hydrogen) atoms. The van der Waals surface area contributed by atoms with Gasteiger partial charge in [-0.3, -0.25) is 19.3 Å². The third-order valence-corrected chi connectivity index (χ3v) is 6.04. The lowest BCUT2D eigenvalue weighted by atomic mass is 9.92. The van der Waals surface area contributed by atoms with Crippen LogP contribution in [-0.2, 0) is 16.8 Å². The maximum absolute atomic E-state index is 13.1. The maximum Gasteiger partial charge on any atom is 0.262 e. The number of rotatable bonds is 5. The number of nitrogens with zero attached hydrogens (tertiary/aromatic N) is 3. The molecular weight excluding hydrogens is 410 g/mol. The van der Waals surface area contributed by atoms with E-state index in [4.69, 9.17) is 0 Å². The fourth-order valence-corrected chi connectivity index (χ4v) is 4.18. The lowest BCUT2D eigenvalue weighted by Crippen LogP contribution is -2.23. The molecule has 0 unspecified atom stereocenters. The van der Waals surface area contributed by atoms with Crippen LogP contribution in [0, 0.1) is 6.92 Å². The summed E-state index contributed by atoms with van der Waals surface area (Å²) < 4.78 is 1.50. The molecule has 0 bridgehead atoms. The lowest BCUT2D eigenvalue weighted by molar-refractivity contribution is -0.116. The number of aryl methyl sites for hydroxylation is 2. The van der Waals surface area contributed by atoms with E-state index in [1.54, 1.807) is 0 Å². The molecule has 0 saturated carbocycles. The monoisotopic (exact) mass is 435 g/mol. The van der Waals surface area contributed by atoms with Crippen molar-refractivity contribution >= 4 is 33.3 Å². The molecule has 7 nitrogen and oxygen atoms in total. The smallest absolute Gasteiger partial charge is 0.262 e. The Morgan fingerprint density at radius 3 is 2.65 bits per heavy atom. The Morgan fingerprint density at radius 1 is 1.23 bits per heavy atom. The van der Waals surface area contributed by atoms with E-state index in [2.05, 4.69) is 41.3 Å². The molecule has 8 heteroatoms. The standard InChI is InChI=1S/C23H25N5O2S/c1-14-5-7-15(8-6-14)16-12-31-21-20(16)22(30)28(13-24-21)10-9-19(29)25-18-11-17(26-27-18)23(2,3)4/h5-8,11-13H,9-10H2,1-4H3,(H2,25,26,27,29). The van der Waals surface area contributed by atoms with Gasteiger partial charge >= 0.3 is 0 Å². The molecule has 0 aliphatic heterocycles. The zero-order valence-corrected chi connectivity index (χ0v) is 18.8. The highest BCUT2D eigenvalue weighted by atomic mass is 32.1. The zero-order chi connectivity index (χ0) is 22.2. The van der Waals surface area contributed by atoms with Gasteiger partial charge in [-0.15, -0.1) is 11.3 Å². The van der Waals surface area contributed by atoms with Crippen molar-refractivity contribution in [1.29, 1.82) is 0 Å².